The van der Waals surface area contributed by atoms with Gasteiger partial charge in [0.25, 0.3) is 5.91 Å². The Balaban J connectivity index is 1.62. The minimum atomic E-state index is -0.150. The van der Waals surface area contributed by atoms with Crippen LogP contribution in [0.3, 0.4) is 0 Å². The number of aromatic nitrogens is 1. The smallest absolute Gasteiger partial charge is 0.256 e. The van der Waals surface area contributed by atoms with Crippen molar-refractivity contribution in [2.75, 3.05) is 5.32 Å². The van der Waals surface area contributed by atoms with E-state index in [1.165, 1.54) is 0 Å². The molecule has 5 aromatic rings. The largest absolute Gasteiger partial charge is 0.321 e. The molecule has 0 spiro atoms. The van der Waals surface area contributed by atoms with Crippen LogP contribution in [0.2, 0.25) is 0 Å². The van der Waals surface area contributed by atoms with Crippen molar-refractivity contribution in [3.05, 3.63) is 107 Å². The van der Waals surface area contributed by atoms with Crippen molar-refractivity contribution in [1.29, 1.82) is 0 Å². The second kappa shape index (κ2) is 7.73. The Morgan fingerprint density at radius 2 is 1.47 bits per heavy atom. The second-order valence-corrected chi connectivity index (χ2v) is 7.98. The average Bonchev–Trinajstić information content (AvgIpc) is 2.79. The number of benzene rings is 4. The molecule has 0 saturated carbocycles. The fourth-order valence-electron chi connectivity index (χ4n) is 3.66. The van der Waals surface area contributed by atoms with Crippen molar-refractivity contribution < 1.29 is 4.79 Å². The summed E-state index contributed by atoms with van der Waals surface area (Å²) < 4.78 is 1.00. The summed E-state index contributed by atoms with van der Waals surface area (Å²) in [5.41, 5.74) is 3.92. The van der Waals surface area contributed by atoms with E-state index < -0.39 is 0 Å². The molecule has 4 aromatic carbocycles. The predicted molar refractivity (Wildman–Crippen MR) is 127 cm³/mol. The first-order valence-electron chi connectivity index (χ1n) is 9.64. The molecule has 1 heterocycles. The van der Waals surface area contributed by atoms with Crippen LogP contribution in [0.1, 0.15) is 10.4 Å². The van der Waals surface area contributed by atoms with Crippen molar-refractivity contribution in [2.24, 2.45) is 0 Å². The van der Waals surface area contributed by atoms with Crippen LogP contribution in [0.5, 0.6) is 0 Å². The zero-order valence-corrected chi connectivity index (χ0v) is 17.6. The molecular weight excluding hydrogens is 436 g/mol. The van der Waals surface area contributed by atoms with E-state index >= 15 is 0 Å². The number of hydrogen-bond acceptors (Lipinski definition) is 2. The summed E-state index contributed by atoms with van der Waals surface area (Å²) in [7, 11) is 0. The summed E-state index contributed by atoms with van der Waals surface area (Å²) in [6.45, 7) is 0. The van der Waals surface area contributed by atoms with E-state index in [2.05, 4.69) is 21.2 Å². The zero-order chi connectivity index (χ0) is 20.5. The third-order valence-electron chi connectivity index (χ3n) is 5.14. The number of nitrogens with one attached hydrogen (secondary N) is 1. The number of pyridine rings is 1. The van der Waals surface area contributed by atoms with Crippen LogP contribution in [0.4, 0.5) is 5.69 Å². The minimum Gasteiger partial charge on any atom is -0.321 e. The molecule has 1 N–H and O–H groups in total. The van der Waals surface area contributed by atoms with E-state index in [0.717, 1.165) is 43.1 Å². The molecule has 0 aliphatic heterocycles. The number of anilines is 1. The highest BCUT2D eigenvalue weighted by Gasteiger charge is 2.15. The number of hydrogen-bond donors (Lipinski definition) is 1. The second-order valence-electron chi connectivity index (χ2n) is 7.06. The van der Waals surface area contributed by atoms with Gasteiger partial charge in [0.15, 0.2) is 0 Å². The van der Waals surface area contributed by atoms with Gasteiger partial charge in [-0.2, -0.15) is 0 Å². The zero-order valence-electron chi connectivity index (χ0n) is 16.0. The SMILES string of the molecule is O=C(Nc1cccc2ccccc12)c1cc(-c2ccc(Br)cc2)nc2ccccc12. The molecule has 4 heteroatoms. The first-order valence-corrected chi connectivity index (χ1v) is 10.4. The minimum absolute atomic E-state index is 0.150. The third-order valence-corrected chi connectivity index (χ3v) is 5.67. The van der Waals surface area contributed by atoms with Crippen molar-refractivity contribution in [1.82, 2.24) is 4.98 Å². The normalized spacial score (nSPS) is 11.0. The number of fused-ring (bicyclic) bond motifs is 2. The lowest BCUT2D eigenvalue weighted by Gasteiger charge is -2.12. The summed E-state index contributed by atoms with van der Waals surface area (Å²) in [5.74, 6) is -0.150. The molecule has 5 rings (SSSR count). The highest BCUT2D eigenvalue weighted by atomic mass is 79.9. The van der Waals surface area contributed by atoms with Gasteiger partial charge in [-0.3, -0.25) is 4.79 Å². The van der Waals surface area contributed by atoms with Gasteiger partial charge in [0, 0.05) is 26.5 Å². The number of halogens is 1. The highest BCUT2D eigenvalue weighted by Crippen LogP contribution is 2.28. The molecule has 0 saturated heterocycles. The van der Waals surface area contributed by atoms with Gasteiger partial charge >= 0.3 is 0 Å². The molecule has 1 aromatic heterocycles. The number of rotatable bonds is 3. The number of carbonyl (C=O) groups excluding carboxylic acids is 1. The van der Waals surface area contributed by atoms with E-state index in [0.29, 0.717) is 5.56 Å². The molecule has 30 heavy (non-hydrogen) atoms. The van der Waals surface area contributed by atoms with E-state index in [1.807, 2.05) is 97.1 Å². The van der Waals surface area contributed by atoms with Crippen LogP contribution >= 0.6 is 15.9 Å². The van der Waals surface area contributed by atoms with Gasteiger partial charge in [-0.05, 0) is 35.7 Å². The summed E-state index contributed by atoms with van der Waals surface area (Å²) >= 11 is 3.47. The Bertz CT molecular complexity index is 1390. The number of amides is 1. The van der Waals surface area contributed by atoms with Crippen LogP contribution in [-0.2, 0) is 0 Å². The summed E-state index contributed by atoms with van der Waals surface area (Å²) in [5, 5.41) is 6.04. The van der Waals surface area contributed by atoms with E-state index in [1.54, 1.807) is 0 Å². The number of nitrogens with zero attached hydrogens (tertiary/aromatic N) is 1. The van der Waals surface area contributed by atoms with E-state index in [-0.39, 0.29) is 5.91 Å². The Kier molecular flexibility index (Phi) is 4.77. The molecule has 0 bridgehead atoms. The molecule has 0 atom stereocenters. The molecule has 0 fully saturated rings. The third kappa shape index (κ3) is 3.46. The number of para-hydroxylation sites is 1. The van der Waals surface area contributed by atoms with Gasteiger partial charge in [-0.1, -0.05) is 82.7 Å². The van der Waals surface area contributed by atoms with E-state index in [9.17, 15) is 4.79 Å². The van der Waals surface area contributed by atoms with Crippen molar-refractivity contribution in [3.8, 4) is 11.3 Å². The Morgan fingerprint density at radius 3 is 2.30 bits per heavy atom. The van der Waals surface area contributed by atoms with Gasteiger partial charge in [0.05, 0.1) is 16.8 Å². The van der Waals surface area contributed by atoms with Gasteiger partial charge in [0.1, 0.15) is 0 Å². The van der Waals surface area contributed by atoms with Crippen LogP contribution in [-0.4, -0.2) is 10.9 Å². The standard InChI is InChI=1S/C26H17BrN2O/c27-19-14-12-18(13-15-19)25-16-22(21-9-3-4-10-24(21)28-25)26(30)29-23-11-5-7-17-6-1-2-8-20(17)23/h1-16H,(H,29,30). The number of carbonyl (C=O) groups is 1. The molecule has 3 nitrogen and oxygen atoms in total. The Morgan fingerprint density at radius 1 is 0.767 bits per heavy atom. The van der Waals surface area contributed by atoms with E-state index in [4.69, 9.17) is 4.98 Å². The molecule has 0 radical (unpaired) electrons. The van der Waals surface area contributed by atoms with Crippen LogP contribution in [0, 0.1) is 0 Å². The lowest BCUT2D eigenvalue weighted by atomic mass is 10.0. The Labute approximate surface area is 182 Å². The highest BCUT2D eigenvalue weighted by molar-refractivity contribution is 9.10. The Hall–Kier alpha value is -3.50. The monoisotopic (exact) mass is 452 g/mol. The molecular formula is C26H17BrN2O. The molecule has 144 valence electrons. The van der Waals surface area contributed by atoms with Crippen molar-refractivity contribution >= 4 is 49.2 Å². The molecule has 0 aliphatic rings. The summed E-state index contributed by atoms with van der Waals surface area (Å²) in [6.07, 6.45) is 0. The van der Waals surface area contributed by atoms with Gasteiger partial charge in [0.2, 0.25) is 0 Å². The maximum absolute atomic E-state index is 13.4. The quantitative estimate of drug-likeness (QED) is 0.318. The van der Waals surface area contributed by atoms with Crippen LogP contribution in [0.15, 0.2) is 102 Å². The van der Waals surface area contributed by atoms with Crippen molar-refractivity contribution in [2.45, 2.75) is 0 Å². The lowest BCUT2D eigenvalue weighted by Crippen LogP contribution is -2.13. The summed E-state index contributed by atoms with van der Waals surface area (Å²) in [4.78, 5) is 18.1. The van der Waals surface area contributed by atoms with Crippen molar-refractivity contribution in [3.63, 3.8) is 0 Å². The topological polar surface area (TPSA) is 42.0 Å². The summed E-state index contributed by atoms with van der Waals surface area (Å²) in [6, 6.07) is 31.5. The van der Waals surface area contributed by atoms with Crippen LogP contribution < -0.4 is 5.32 Å². The van der Waals surface area contributed by atoms with Crippen LogP contribution in [0.25, 0.3) is 32.9 Å². The first-order chi connectivity index (χ1) is 14.7. The molecule has 0 unspecified atom stereocenters. The average molecular weight is 453 g/mol. The van der Waals surface area contributed by atoms with Gasteiger partial charge in [-0.25, -0.2) is 4.98 Å². The maximum atomic E-state index is 13.4. The molecule has 0 aliphatic carbocycles. The lowest BCUT2D eigenvalue weighted by molar-refractivity contribution is 0.102. The maximum Gasteiger partial charge on any atom is 0.256 e. The molecule has 1 amide bonds. The first kappa shape index (κ1) is 18.5. The fraction of sp³-hybridized carbons (Fsp3) is 0. The fourth-order valence-corrected chi connectivity index (χ4v) is 3.92. The predicted octanol–water partition coefficient (Wildman–Crippen LogP) is 7.07. The van der Waals surface area contributed by atoms with Gasteiger partial charge in [-0.15, -0.1) is 0 Å². The van der Waals surface area contributed by atoms with Gasteiger partial charge < -0.3 is 5.32 Å².